The molecule has 46 valence electrons. The normalized spacial score (nSPS) is 8.50. The van der Waals surface area contributed by atoms with Crippen molar-refractivity contribution in [2.75, 3.05) is 11.0 Å². The fourth-order valence-electron chi connectivity index (χ4n) is 0.462. The van der Waals surface area contributed by atoms with Gasteiger partial charge in [0.25, 0.3) is 0 Å². The Kier molecular flexibility index (Phi) is 7.42. The smallest absolute Gasteiger partial charge is 0.214 e. The highest BCUT2D eigenvalue weighted by molar-refractivity contribution is 14.1. The van der Waals surface area contributed by atoms with E-state index in [4.69, 9.17) is 6.57 Å². The summed E-state index contributed by atoms with van der Waals surface area (Å²) < 4.78 is 1.23. The predicted octanol–water partition coefficient (Wildman–Crippen LogP) is 2.51. The molecule has 2 heteroatoms. The summed E-state index contributed by atoms with van der Waals surface area (Å²) in [6.45, 7) is 7.18. The predicted molar refractivity (Wildman–Crippen MR) is 44.2 cm³/mol. The van der Waals surface area contributed by atoms with E-state index in [2.05, 4.69) is 27.4 Å². The summed E-state index contributed by atoms with van der Waals surface area (Å²) in [7, 11) is 0. The van der Waals surface area contributed by atoms with Crippen LogP contribution in [0.3, 0.4) is 0 Å². The van der Waals surface area contributed by atoms with Gasteiger partial charge in [-0.05, 0) is 17.3 Å². The minimum atomic E-state index is 0.719. The molecule has 0 aliphatic carbocycles. The average Bonchev–Trinajstić information content (AvgIpc) is 1.81. The van der Waals surface area contributed by atoms with E-state index >= 15 is 0 Å². The van der Waals surface area contributed by atoms with E-state index in [9.17, 15) is 0 Å². The highest BCUT2D eigenvalue weighted by Gasteiger charge is 1.86. The number of halogens is 1. The van der Waals surface area contributed by atoms with Crippen LogP contribution in [0.4, 0.5) is 0 Å². The van der Waals surface area contributed by atoms with Crippen LogP contribution in [0.15, 0.2) is 0 Å². The second kappa shape index (κ2) is 7.22. The van der Waals surface area contributed by atoms with Crippen LogP contribution in [0.25, 0.3) is 4.85 Å². The molecule has 0 heterocycles. The lowest BCUT2D eigenvalue weighted by molar-refractivity contribution is 0.769. The molecule has 0 aromatic carbocycles. The van der Waals surface area contributed by atoms with Crippen molar-refractivity contribution in [3.05, 3.63) is 11.4 Å². The van der Waals surface area contributed by atoms with Gasteiger partial charge < -0.3 is 4.85 Å². The van der Waals surface area contributed by atoms with Crippen molar-refractivity contribution in [2.24, 2.45) is 0 Å². The zero-order valence-electron chi connectivity index (χ0n) is 4.86. The number of rotatable bonds is 4. The van der Waals surface area contributed by atoms with Crippen molar-refractivity contribution in [3.63, 3.8) is 0 Å². The van der Waals surface area contributed by atoms with Gasteiger partial charge in [-0.1, -0.05) is 22.6 Å². The summed E-state index contributed by atoms with van der Waals surface area (Å²) in [6, 6.07) is 0. The van der Waals surface area contributed by atoms with Gasteiger partial charge in [-0.25, -0.2) is 6.57 Å². The molecule has 0 radical (unpaired) electrons. The number of hydrogen-bond donors (Lipinski definition) is 0. The molecule has 0 atom stereocenters. The first kappa shape index (κ1) is 8.22. The van der Waals surface area contributed by atoms with Crippen LogP contribution < -0.4 is 0 Å². The first-order chi connectivity index (χ1) is 3.91. The van der Waals surface area contributed by atoms with Gasteiger partial charge in [-0.2, -0.15) is 0 Å². The molecular weight excluding hydrogens is 213 g/mol. The molecule has 0 rings (SSSR count). The van der Waals surface area contributed by atoms with Crippen LogP contribution >= 0.6 is 22.6 Å². The fourth-order valence-corrected chi connectivity index (χ4v) is 1.00. The molecule has 0 spiro atoms. The monoisotopic (exact) mass is 223 g/mol. The Morgan fingerprint density at radius 2 is 2.00 bits per heavy atom. The van der Waals surface area contributed by atoms with Crippen molar-refractivity contribution in [1.29, 1.82) is 0 Å². The molecule has 0 N–H and O–H groups in total. The van der Waals surface area contributed by atoms with Crippen molar-refractivity contribution >= 4 is 22.6 Å². The maximum Gasteiger partial charge on any atom is 0.214 e. The molecule has 0 fully saturated rings. The van der Waals surface area contributed by atoms with E-state index in [1.165, 1.54) is 17.3 Å². The van der Waals surface area contributed by atoms with E-state index in [1.807, 2.05) is 0 Å². The molecule has 8 heavy (non-hydrogen) atoms. The van der Waals surface area contributed by atoms with Gasteiger partial charge in [0.15, 0.2) is 0 Å². The standard InChI is InChI=1S/C6H10IN/c1-8-6-4-2-3-5-7/h2-6H2. The number of alkyl halides is 1. The molecule has 0 amide bonds. The number of nitrogens with zero attached hydrogens (tertiary/aromatic N) is 1. The largest absolute Gasteiger partial charge is 0.317 e. The molecule has 0 unspecified atom stereocenters. The van der Waals surface area contributed by atoms with Gasteiger partial charge in [-0.3, -0.25) is 0 Å². The minimum absolute atomic E-state index is 0.719. The summed E-state index contributed by atoms with van der Waals surface area (Å²) in [5, 5.41) is 0. The van der Waals surface area contributed by atoms with Crippen molar-refractivity contribution in [2.45, 2.75) is 19.3 Å². The summed E-state index contributed by atoms with van der Waals surface area (Å²) in [4.78, 5) is 3.26. The molecule has 0 bridgehead atoms. The second-order valence-corrected chi connectivity index (χ2v) is 2.71. The van der Waals surface area contributed by atoms with E-state index in [1.54, 1.807) is 0 Å². The van der Waals surface area contributed by atoms with Crippen LogP contribution in [-0.4, -0.2) is 11.0 Å². The first-order valence-electron chi connectivity index (χ1n) is 2.81. The summed E-state index contributed by atoms with van der Waals surface area (Å²) in [5.74, 6) is 0. The van der Waals surface area contributed by atoms with Crippen LogP contribution in [0.5, 0.6) is 0 Å². The molecule has 1 nitrogen and oxygen atoms in total. The minimum Gasteiger partial charge on any atom is -0.317 e. The molecule has 0 aliphatic rings. The molecule has 0 aromatic rings. The van der Waals surface area contributed by atoms with Gasteiger partial charge in [-0.15, -0.1) is 0 Å². The lowest BCUT2D eigenvalue weighted by Crippen LogP contribution is -1.78. The Morgan fingerprint density at radius 1 is 1.25 bits per heavy atom. The molecule has 0 aromatic heterocycles. The summed E-state index contributed by atoms with van der Waals surface area (Å²) >= 11 is 2.36. The maximum absolute atomic E-state index is 6.46. The summed E-state index contributed by atoms with van der Waals surface area (Å²) in [5.41, 5.74) is 0. The first-order valence-corrected chi connectivity index (χ1v) is 4.33. The number of unbranched alkanes of at least 4 members (excludes halogenated alkanes) is 2. The molecule has 0 saturated heterocycles. The van der Waals surface area contributed by atoms with Crippen molar-refractivity contribution in [1.82, 2.24) is 0 Å². The maximum atomic E-state index is 6.46. The van der Waals surface area contributed by atoms with Crippen molar-refractivity contribution in [3.8, 4) is 0 Å². The fraction of sp³-hybridized carbons (Fsp3) is 0.833. The zero-order chi connectivity index (χ0) is 6.24. The van der Waals surface area contributed by atoms with Gasteiger partial charge in [0.05, 0.1) is 0 Å². The quantitative estimate of drug-likeness (QED) is 0.298. The van der Waals surface area contributed by atoms with Crippen molar-refractivity contribution < 1.29 is 0 Å². The van der Waals surface area contributed by atoms with Gasteiger partial charge in [0.1, 0.15) is 0 Å². The number of hydrogen-bond acceptors (Lipinski definition) is 0. The van der Waals surface area contributed by atoms with Gasteiger partial charge >= 0.3 is 0 Å². The topological polar surface area (TPSA) is 4.36 Å². The third kappa shape index (κ3) is 6.22. The molecule has 0 aliphatic heterocycles. The lowest BCUT2D eigenvalue weighted by Gasteiger charge is -1.87. The van der Waals surface area contributed by atoms with E-state index in [0.29, 0.717) is 0 Å². The Hall–Kier alpha value is 0.220. The SMILES string of the molecule is [C-]#[N+]CCCCCI. The zero-order valence-corrected chi connectivity index (χ0v) is 7.02. The Labute approximate surface area is 64.4 Å². The van der Waals surface area contributed by atoms with Crippen LogP contribution in [0, 0.1) is 6.57 Å². The van der Waals surface area contributed by atoms with Crippen LogP contribution in [0.1, 0.15) is 19.3 Å². The van der Waals surface area contributed by atoms with E-state index < -0.39 is 0 Å². The Bertz CT molecular complexity index is 75.1. The van der Waals surface area contributed by atoms with E-state index in [0.717, 1.165) is 13.0 Å². The van der Waals surface area contributed by atoms with Crippen LogP contribution in [0.2, 0.25) is 0 Å². The van der Waals surface area contributed by atoms with Crippen LogP contribution in [-0.2, 0) is 0 Å². The second-order valence-electron chi connectivity index (χ2n) is 1.63. The van der Waals surface area contributed by atoms with Gasteiger partial charge in [0.2, 0.25) is 6.54 Å². The third-order valence-corrected chi connectivity index (χ3v) is 1.67. The highest BCUT2D eigenvalue weighted by Crippen LogP contribution is 1.98. The third-order valence-electron chi connectivity index (χ3n) is 0.904. The summed E-state index contributed by atoms with van der Waals surface area (Å²) in [6.07, 6.45) is 3.59. The molecular formula is C6H10IN. The highest BCUT2D eigenvalue weighted by atomic mass is 127. The van der Waals surface area contributed by atoms with Gasteiger partial charge in [0, 0.05) is 6.42 Å². The lowest BCUT2D eigenvalue weighted by atomic mass is 10.3. The average molecular weight is 223 g/mol. The Morgan fingerprint density at radius 3 is 2.50 bits per heavy atom. The van der Waals surface area contributed by atoms with E-state index in [-0.39, 0.29) is 0 Å². The Balaban J connectivity index is 2.65. The molecule has 0 saturated carbocycles.